The van der Waals surface area contributed by atoms with Crippen molar-refractivity contribution >= 4 is 11.9 Å². The molecule has 1 aliphatic rings. The number of hydrogen-bond acceptors (Lipinski definition) is 5. The van der Waals surface area contributed by atoms with Crippen molar-refractivity contribution in [3.05, 3.63) is 92.5 Å². The summed E-state index contributed by atoms with van der Waals surface area (Å²) in [6, 6.07) is 11.1. The molecule has 0 aliphatic carbocycles. The molecule has 0 fully saturated rings. The van der Waals surface area contributed by atoms with Crippen molar-refractivity contribution < 1.29 is 29.6 Å². The van der Waals surface area contributed by atoms with Gasteiger partial charge < -0.3 is 20.1 Å². The summed E-state index contributed by atoms with van der Waals surface area (Å²) in [4.78, 5) is 25.2. The molecule has 1 aliphatic heterocycles. The molecule has 4 rings (SSSR count). The molecule has 1 heterocycles. The van der Waals surface area contributed by atoms with Crippen molar-refractivity contribution in [1.82, 2.24) is 0 Å². The quantitative estimate of drug-likeness (QED) is 0.390. The van der Waals surface area contributed by atoms with Gasteiger partial charge in [0.25, 0.3) is 0 Å². The molecule has 0 bridgehead atoms. The molecule has 0 unspecified atom stereocenters. The van der Waals surface area contributed by atoms with Crippen LogP contribution >= 0.6 is 0 Å². The van der Waals surface area contributed by atoms with Crippen molar-refractivity contribution in [1.29, 1.82) is 0 Å². The average Bonchev–Trinajstić information content (AvgIpc) is 3.15. The lowest BCUT2D eigenvalue weighted by atomic mass is 9.72. The summed E-state index contributed by atoms with van der Waals surface area (Å²) in [5, 5.41) is 32.4. The topological polar surface area (TPSA) is 104 Å². The number of esters is 1. The second-order valence-electron chi connectivity index (χ2n) is 8.75. The highest BCUT2D eigenvalue weighted by Gasteiger charge is 2.53. The van der Waals surface area contributed by atoms with E-state index in [4.69, 9.17) is 4.74 Å². The molecule has 35 heavy (non-hydrogen) atoms. The molecule has 3 aromatic rings. The second kappa shape index (κ2) is 9.10. The smallest absolute Gasteiger partial charge is 0.340 e. The highest BCUT2D eigenvalue weighted by Crippen LogP contribution is 2.55. The average molecular weight is 475 g/mol. The molecule has 182 valence electrons. The molecule has 0 radical (unpaired) electrons. The molecule has 6 nitrogen and oxygen atoms in total. The van der Waals surface area contributed by atoms with Gasteiger partial charge in [0.1, 0.15) is 11.5 Å². The number of phenolic OH excluding ortho intramolecular Hbond substituents is 2. The van der Waals surface area contributed by atoms with Gasteiger partial charge in [0, 0.05) is 5.56 Å². The van der Waals surface area contributed by atoms with Crippen LogP contribution in [0.1, 0.15) is 87.4 Å². The van der Waals surface area contributed by atoms with Crippen molar-refractivity contribution in [3.63, 3.8) is 0 Å². The molecule has 0 amide bonds. The molecular formula is C29H30O6. The number of aryl methyl sites for hydroxylation is 2. The maximum atomic E-state index is 13.3. The van der Waals surface area contributed by atoms with E-state index in [0.717, 1.165) is 22.3 Å². The Labute approximate surface area is 204 Å². The van der Waals surface area contributed by atoms with Gasteiger partial charge in [0.15, 0.2) is 5.60 Å². The van der Waals surface area contributed by atoms with E-state index in [1.165, 1.54) is 18.2 Å². The van der Waals surface area contributed by atoms with Crippen LogP contribution in [0.4, 0.5) is 0 Å². The number of aromatic hydroxyl groups is 2. The number of fused-ring (bicyclic) bond motifs is 1. The Morgan fingerprint density at radius 3 is 1.74 bits per heavy atom. The largest absolute Gasteiger partial charge is 0.507 e. The predicted molar refractivity (Wildman–Crippen MR) is 132 cm³/mol. The second-order valence-corrected chi connectivity index (χ2v) is 8.75. The number of carboxylic acids is 1. The van der Waals surface area contributed by atoms with Gasteiger partial charge in [-0.3, -0.25) is 0 Å². The van der Waals surface area contributed by atoms with Crippen molar-refractivity contribution in [3.8, 4) is 11.5 Å². The zero-order valence-corrected chi connectivity index (χ0v) is 20.4. The number of benzene rings is 3. The van der Waals surface area contributed by atoms with Gasteiger partial charge in [-0.2, -0.15) is 0 Å². The number of aromatic carboxylic acids is 1. The number of ether oxygens (including phenoxy) is 1. The lowest BCUT2D eigenvalue weighted by Crippen LogP contribution is -2.33. The zero-order chi connectivity index (χ0) is 25.5. The predicted octanol–water partition coefficient (Wildman–Crippen LogP) is 5.51. The normalized spacial score (nSPS) is 14.0. The third-order valence-electron chi connectivity index (χ3n) is 7.06. The first kappa shape index (κ1) is 24.3. The van der Waals surface area contributed by atoms with Crippen LogP contribution < -0.4 is 0 Å². The summed E-state index contributed by atoms with van der Waals surface area (Å²) in [5.41, 5.74) is 3.08. The van der Waals surface area contributed by atoms with Gasteiger partial charge in [0.2, 0.25) is 0 Å². The molecule has 3 aromatic carbocycles. The minimum atomic E-state index is -1.71. The fraction of sp³-hybridized carbons (Fsp3) is 0.310. The van der Waals surface area contributed by atoms with Crippen LogP contribution in [-0.2, 0) is 36.0 Å². The number of carbonyl (C=O) groups is 2. The first-order chi connectivity index (χ1) is 16.7. The van der Waals surface area contributed by atoms with E-state index < -0.39 is 17.5 Å². The number of carbonyl (C=O) groups excluding carboxylic acids is 1. The van der Waals surface area contributed by atoms with Crippen LogP contribution in [0.5, 0.6) is 11.5 Å². The Morgan fingerprint density at radius 2 is 1.31 bits per heavy atom. The Balaban J connectivity index is 2.28. The molecule has 0 spiro atoms. The Bertz CT molecular complexity index is 1280. The zero-order valence-electron chi connectivity index (χ0n) is 20.4. The van der Waals surface area contributed by atoms with E-state index >= 15 is 0 Å². The molecule has 0 atom stereocenters. The van der Waals surface area contributed by atoms with Crippen LogP contribution in [0.3, 0.4) is 0 Å². The van der Waals surface area contributed by atoms with E-state index in [2.05, 4.69) is 0 Å². The fourth-order valence-electron chi connectivity index (χ4n) is 5.51. The van der Waals surface area contributed by atoms with Gasteiger partial charge in [-0.25, -0.2) is 9.59 Å². The van der Waals surface area contributed by atoms with Gasteiger partial charge in [0.05, 0.1) is 22.3 Å². The third-order valence-corrected chi connectivity index (χ3v) is 7.06. The van der Waals surface area contributed by atoms with Crippen LogP contribution in [0.25, 0.3) is 0 Å². The molecular weight excluding hydrogens is 444 g/mol. The van der Waals surface area contributed by atoms with E-state index in [1.54, 1.807) is 12.1 Å². The van der Waals surface area contributed by atoms with E-state index in [-0.39, 0.29) is 22.6 Å². The third kappa shape index (κ3) is 3.55. The van der Waals surface area contributed by atoms with Gasteiger partial charge in [-0.05, 0) is 78.3 Å². The minimum absolute atomic E-state index is 0.0141. The Morgan fingerprint density at radius 1 is 0.800 bits per heavy atom. The summed E-state index contributed by atoms with van der Waals surface area (Å²) < 4.78 is 6.22. The Hall–Kier alpha value is -3.80. The molecule has 0 saturated heterocycles. The first-order valence-corrected chi connectivity index (χ1v) is 12.0. The fourth-order valence-corrected chi connectivity index (χ4v) is 5.51. The highest BCUT2D eigenvalue weighted by atomic mass is 16.6. The molecule has 3 N–H and O–H groups in total. The number of carboxylic acid groups (broad SMARTS) is 1. The monoisotopic (exact) mass is 474 g/mol. The number of cyclic esters (lactones) is 1. The maximum Gasteiger partial charge on any atom is 0.340 e. The van der Waals surface area contributed by atoms with Crippen molar-refractivity contribution in [2.75, 3.05) is 0 Å². The standard InChI is InChI=1S/C29H30O6/c1-5-16-10-13-23(30)25(19(16)7-3)29(26-20(8-4)17(6-2)11-14-24(26)31)22-15-18(27(32)33)9-12-21(22)28(34)35-29/h9-15,30-31H,5-8H2,1-4H3,(H,32,33). The summed E-state index contributed by atoms with van der Waals surface area (Å²) >= 11 is 0. The van der Waals surface area contributed by atoms with E-state index in [1.807, 2.05) is 39.8 Å². The summed E-state index contributed by atoms with van der Waals surface area (Å²) in [6.45, 7) is 7.93. The molecule has 0 saturated carbocycles. The lowest BCUT2D eigenvalue weighted by molar-refractivity contribution is 0.0234. The minimum Gasteiger partial charge on any atom is -0.507 e. The van der Waals surface area contributed by atoms with Crippen LogP contribution in [0.15, 0.2) is 42.5 Å². The number of phenols is 2. The van der Waals surface area contributed by atoms with Gasteiger partial charge in [-0.1, -0.05) is 39.8 Å². The first-order valence-electron chi connectivity index (χ1n) is 12.0. The van der Waals surface area contributed by atoms with Gasteiger partial charge in [-0.15, -0.1) is 0 Å². The summed E-state index contributed by atoms with van der Waals surface area (Å²) in [6.07, 6.45) is 2.44. The van der Waals surface area contributed by atoms with Crippen LogP contribution in [-0.4, -0.2) is 27.3 Å². The van der Waals surface area contributed by atoms with E-state index in [9.17, 15) is 24.9 Å². The maximum absolute atomic E-state index is 13.3. The lowest BCUT2D eigenvalue weighted by Gasteiger charge is -2.36. The SMILES string of the molecule is CCc1ccc(O)c(C2(c3c(O)ccc(CC)c3CC)OC(=O)c3ccc(C(=O)O)cc32)c1CC. The van der Waals surface area contributed by atoms with Crippen molar-refractivity contribution in [2.45, 2.75) is 59.0 Å². The summed E-state index contributed by atoms with van der Waals surface area (Å²) in [5.74, 6) is -1.94. The highest BCUT2D eigenvalue weighted by molar-refractivity contribution is 5.99. The van der Waals surface area contributed by atoms with Gasteiger partial charge >= 0.3 is 11.9 Å². The van der Waals surface area contributed by atoms with Crippen LogP contribution in [0, 0.1) is 0 Å². The molecule has 6 heteroatoms. The Kier molecular flexibility index (Phi) is 6.32. The van der Waals surface area contributed by atoms with Crippen LogP contribution in [0.2, 0.25) is 0 Å². The molecule has 0 aromatic heterocycles. The summed E-state index contributed by atoms with van der Waals surface area (Å²) in [7, 11) is 0. The van der Waals surface area contributed by atoms with E-state index in [0.29, 0.717) is 42.4 Å². The number of hydrogen-bond donors (Lipinski definition) is 3. The number of rotatable bonds is 7. The van der Waals surface area contributed by atoms with Crippen molar-refractivity contribution in [2.24, 2.45) is 0 Å².